The van der Waals surface area contributed by atoms with Crippen LogP contribution in [0.5, 0.6) is 0 Å². The zero-order valence-electron chi connectivity index (χ0n) is 14.8. The minimum Gasteiger partial charge on any atom is -0.389 e. The van der Waals surface area contributed by atoms with E-state index in [0.29, 0.717) is 24.3 Å². The van der Waals surface area contributed by atoms with Crippen LogP contribution in [0.25, 0.3) is 0 Å². The molecule has 23 heavy (non-hydrogen) atoms. The van der Waals surface area contributed by atoms with Crippen LogP contribution in [-0.4, -0.2) is 72.5 Å². The topological polar surface area (TPSA) is 57.1 Å². The number of thioether (sulfide) groups is 1. The van der Waals surface area contributed by atoms with Gasteiger partial charge in [0.1, 0.15) is 0 Å². The molecule has 2 N–H and O–H groups in total. The number of hydrogen-bond donors (Lipinski definition) is 2. The molecule has 2 atom stereocenters. The number of guanidine groups is 1. The van der Waals surface area contributed by atoms with Crippen molar-refractivity contribution in [3.8, 4) is 0 Å². The molecular weight excluding hydrogens is 310 g/mol. The number of aliphatic imine (C=N–C) groups is 1. The third-order valence-corrected chi connectivity index (χ3v) is 5.82. The van der Waals surface area contributed by atoms with E-state index in [9.17, 15) is 5.11 Å². The Bertz CT molecular complexity index is 375. The summed E-state index contributed by atoms with van der Waals surface area (Å²) in [5, 5.41) is 14.1. The van der Waals surface area contributed by atoms with Gasteiger partial charge >= 0.3 is 0 Å². The molecule has 0 amide bonds. The lowest BCUT2D eigenvalue weighted by molar-refractivity contribution is 0.0367. The molecule has 1 aliphatic carbocycles. The zero-order chi connectivity index (χ0) is 16.7. The van der Waals surface area contributed by atoms with Crippen molar-refractivity contribution in [2.75, 3.05) is 45.1 Å². The lowest BCUT2D eigenvalue weighted by Crippen LogP contribution is -2.49. The highest BCUT2D eigenvalue weighted by Gasteiger charge is 2.25. The Morgan fingerprint density at radius 2 is 2.22 bits per heavy atom. The Morgan fingerprint density at radius 3 is 2.87 bits per heavy atom. The largest absolute Gasteiger partial charge is 0.389 e. The molecule has 0 aromatic rings. The molecule has 0 bridgehead atoms. The van der Waals surface area contributed by atoms with Gasteiger partial charge in [-0.1, -0.05) is 13.8 Å². The molecule has 0 spiro atoms. The first kappa shape index (κ1) is 18.9. The van der Waals surface area contributed by atoms with Crippen molar-refractivity contribution in [2.45, 2.75) is 45.0 Å². The van der Waals surface area contributed by atoms with E-state index in [0.717, 1.165) is 43.9 Å². The number of rotatable bonds is 8. The smallest absolute Gasteiger partial charge is 0.194 e. The van der Waals surface area contributed by atoms with Crippen molar-refractivity contribution in [1.82, 2.24) is 10.2 Å². The predicted molar refractivity (Wildman–Crippen MR) is 98.2 cm³/mol. The normalized spacial score (nSPS) is 24.1. The van der Waals surface area contributed by atoms with Crippen LogP contribution in [0.1, 0.15) is 33.6 Å². The van der Waals surface area contributed by atoms with Crippen LogP contribution in [0.3, 0.4) is 0 Å². The van der Waals surface area contributed by atoms with Gasteiger partial charge < -0.3 is 20.1 Å². The van der Waals surface area contributed by atoms with Gasteiger partial charge in [0.2, 0.25) is 0 Å². The van der Waals surface area contributed by atoms with Gasteiger partial charge in [-0.2, -0.15) is 11.8 Å². The average Bonchev–Trinajstić information content (AvgIpc) is 3.35. The monoisotopic (exact) mass is 343 g/mol. The number of aliphatic hydroxyl groups is 1. The first-order valence-electron chi connectivity index (χ1n) is 9.00. The molecule has 0 aromatic heterocycles. The van der Waals surface area contributed by atoms with Crippen LogP contribution in [0.4, 0.5) is 0 Å². The number of nitrogens with one attached hydrogen (secondary N) is 1. The second-order valence-electron chi connectivity index (χ2n) is 6.93. The van der Waals surface area contributed by atoms with E-state index in [4.69, 9.17) is 4.74 Å². The van der Waals surface area contributed by atoms with Gasteiger partial charge in [0.25, 0.3) is 0 Å². The first-order chi connectivity index (χ1) is 11.1. The molecule has 1 aliphatic heterocycles. The fourth-order valence-corrected chi connectivity index (χ4v) is 3.90. The third-order valence-electron chi connectivity index (χ3n) is 4.28. The Balaban J connectivity index is 1.80. The fourth-order valence-electron chi connectivity index (χ4n) is 2.60. The van der Waals surface area contributed by atoms with Gasteiger partial charge in [-0.05, 0) is 31.6 Å². The maximum Gasteiger partial charge on any atom is 0.194 e. The van der Waals surface area contributed by atoms with Crippen molar-refractivity contribution < 1.29 is 9.84 Å². The third kappa shape index (κ3) is 6.89. The molecule has 1 saturated carbocycles. The van der Waals surface area contributed by atoms with Gasteiger partial charge in [-0.3, -0.25) is 4.99 Å². The molecule has 1 saturated heterocycles. The molecule has 0 radical (unpaired) electrons. The van der Waals surface area contributed by atoms with Crippen molar-refractivity contribution in [3.05, 3.63) is 0 Å². The number of nitrogens with zero attached hydrogens (tertiary/aromatic N) is 2. The van der Waals surface area contributed by atoms with Crippen molar-refractivity contribution in [1.29, 1.82) is 0 Å². The Labute approximate surface area is 145 Å². The van der Waals surface area contributed by atoms with Gasteiger partial charge in [-0.15, -0.1) is 0 Å². The minimum atomic E-state index is -0.512. The SMILES string of the molecule is CCNC(=NCC(O)COCC1CC1)N1CCSC(C(C)C)C1. The van der Waals surface area contributed by atoms with E-state index in [1.807, 2.05) is 0 Å². The Hall–Kier alpha value is -0.460. The molecule has 6 heteroatoms. The van der Waals surface area contributed by atoms with Gasteiger partial charge in [-0.25, -0.2) is 0 Å². The van der Waals surface area contributed by atoms with Crippen LogP contribution in [-0.2, 0) is 4.74 Å². The first-order valence-corrected chi connectivity index (χ1v) is 10.1. The molecule has 2 aliphatic rings. The van der Waals surface area contributed by atoms with E-state index >= 15 is 0 Å². The maximum absolute atomic E-state index is 10.1. The lowest BCUT2D eigenvalue weighted by Gasteiger charge is -2.36. The molecule has 2 rings (SSSR count). The Morgan fingerprint density at radius 1 is 1.43 bits per heavy atom. The summed E-state index contributed by atoms with van der Waals surface area (Å²) < 4.78 is 5.55. The van der Waals surface area contributed by atoms with Crippen LogP contribution in [0.2, 0.25) is 0 Å². The molecular formula is C17H33N3O2S. The van der Waals surface area contributed by atoms with E-state index in [1.54, 1.807) is 0 Å². The summed E-state index contributed by atoms with van der Waals surface area (Å²) in [5.41, 5.74) is 0. The lowest BCUT2D eigenvalue weighted by atomic mass is 10.1. The molecule has 134 valence electrons. The van der Waals surface area contributed by atoms with Crippen LogP contribution in [0, 0.1) is 11.8 Å². The second-order valence-corrected chi connectivity index (χ2v) is 8.28. The number of ether oxygens (including phenoxy) is 1. The van der Waals surface area contributed by atoms with Crippen LogP contribution < -0.4 is 5.32 Å². The molecule has 0 aromatic carbocycles. The highest BCUT2D eigenvalue weighted by Crippen LogP contribution is 2.28. The zero-order valence-corrected chi connectivity index (χ0v) is 15.6. The molecule has 2 fully saturated rings. The number of aliphatic hydroxyl groups excluding tert-OH is 1. The van der Waals surface area contributed by atoms with Crippen molar-refractivity contribution in [2.24, 2.45) is 16.8 Å². The summed E-state index contributed by atoms with van der Waals surface area (Å²) in [5.74, 6) is 3.48. The van der Waals surface area contributed by atoms with Crippen LogP contribution >= 0.6 is 11.8 Å². The van der Waals surface area contributed by atoms with Gasteiger partial charge in [0, 0.05) is 37.2 Å². The minimum absolute atomic E-state index is 0.393. The fraction of sp³-hybridized carbons (Fsp3) is 0.941. The number of hydrogen-bond acceptors (Lipinski definition) is 4. The van der Waals surface area contributed by atoms with Crippen molar-refractivity contribution in [3.63, 3.8) is 0 Å². The maximum atomic E-state index is 10.1. The van der Waals surface area contributed by atoms with Crippen LogP contribution in [0.15, 0.2) is 4.99 Å². The van der Waals surface area contributed by atoms with E-state index in [2.05, 4.69) is 47.7 Å². The summed E-state index contributed by atoms with van der Waals surface area (Å²) >= 11 is 2.06. The highest BCUT2D eigenvalue weighted by atomic mass is 32.2. The molecule has 2 unspecified atom stereocenters. The van der Waals surface area contributed by atoms with E-state index in [-0.39, 0.29) is 0 Å². The van der Waals surface area contributed by atoms with Gasteiger partial charge in [0.15, 0.2) is 5.96 Å². The summed E-state index contributed by atoms with van der Waals surface area (Å²) in [6.07, 6.45) is 2.05. The average molecular weight is 344 g/mol. The second kappa shape index (κ2) is 9.74. The standard InChI is InChI=1S/C17H33N3O2S/c1-4-18-17(20-7-8-23-16(10-20)13(2)3)19-9-15(21)12-22-11-14-5-6-14/h13-16,21H,4-12H2,1-3H3,(H,18,19). The quantitative estimate of drug-likeness (QED) is 0.520. The molecule has 1 heterocycles. The van der Waals surface area contributed by atoms with Crippen molar-refractivity contribution >= 4 is 17.7 Å². The summed E-state index contributed by atoms with van der Waals surface area (Å²) in [6, 6.07) is 0. The van der Waals surface area contributed by atoms with E-state index < -0.39 is 6.10 Å². The van der Waals surface area contributed by atoms with Gasteiger partial charge in [0.05, 0.1) is 19.3 Å². The summed E-state index contributed by atoms with van der Waals surface area (Å²) in [4.78, 5) is 6.97. The molecule has 5 nitrogen and oxygen atoms in total. The summed E-state index contributed by atoms with van der Waals surface area (Å²) in [7, 11) is 0. The van der Waals surface area contributed by atoms with E-state index in [1.165, 1.54) is 12.8 Å². The predicted octanol–water partition coefficient (Wildman–Crippen LogP) is 1.81. The highest BCUT2D eigenvalue weighted by molar-refractivity contribution is 8.00. The Kier molecular flexibility index (Phi) is 7.99. The summed E-state index contributed by atoms with van der Waals surface area (Å²) in [6.45, 7) is 11.1.